The Labute approximate surface area is 109 Å². The van der Waals surface area contributed by atoms with Crippen LogP contribution in [0, 0.1) is 0 Å². The lowest BCUT2D eigenvalue weighted by molar-refractivity contribution is 0.305. The van der Waals surface area contributed by atoms with Gasteiger partial charge in [0.25, 0.3) is 0 Å². The van der Waals surface area contributed by atoms with Crippen LogP contribution in [0.25, 0.3) is 0 Å². The van der Waals surface area contributed by atoms with E-state index in [1.54, 1.807) is 0 Å². The van der Waals surface area contributed by atoms with E-state index in [-0.39, 0.29) is 5.41 Å². The second-order valence-corrected chi connectivity index (χ2v) is 5.10. The molecule has 0 aliphatic carbocycles. The molecule has 0 N–H and O–H groups in total. The van der Waals surface area contributed by atoms with E-state index < -0.39 is 0 Å². The predicted molar refractivity (Wildman–Crippen MR) is 75.1 cm³/mol. The van der Waals surface area contributed by atoms with E-state index in [9.17, 15) is 0 Å². The van der Waals surface area contributed by atoms with Crippen LogP contribution >= 0.6 is 12.2 Å². The van der Waals surface area contributed by atoms with Gasteiger partial charge >= 0.3 is 0 Å². The first kappa shape index (κ1) is 13.9. The van der Waals surface area contributed by atoms with E-state index in [0.717, 1.165) is 12.2 Å². The summed E-state index contributed by atoms with van der Waals surface area (Å²) in [5.41, 5.74) is 1.33. The molecule has 0 saturated heterocycles. The fourth-order valence-electron chi connectivity index (χ4n) is 1.58. The van der Waals surface area contributed by atoms with Crippen LogP contribution in [0.5, 0.6) is 5.75 Å². The van der Waals surface area contributed by atoms with Gasteiger partial charge in [-0.1, -0.05) is 39.0 Å². The molecule has 17 heavy (non-hydrogen) atoms. The van der Waals surface area contributed by atoms with Crippen LogP contribution in [0.1, 0.15) is 32.8 Å². The third kappa shape index (κ3) is 4.68. The minimum atomic E-state index is 0.100. The van der Waals surface area contributed by atoms with E-state index in [4.69, 9.17) is 4.74 Å². The molecule has 0 aromatic heterocycles. The lowest BCUT2D eigenvalue weighted by Gasteiger charge is -2.22. The number of hydrogen-bond acceptors (Lipinski definition) is 3. The Balaban J connectivity index is 2.61. The summed E-state index contributed by atoms with van der Waals surface area (Å²) in [6.07, 6.45) is 0.863. The zero-order valence-electron chi connectivity index (χ0n) is 10.7. The Bertz CT molecular complexity index is 403. The monoisotopic (exact) mass is 249 g/mol. The standard InChI is InChI=1S/C14H19NOS/c1-14(2,3)12-7-4-5-8-13(12)16-10-6-9-15-11-17/h4-5,7-8H,6,9-10H2,1-3H3. The Morgan fingerprint density at radius 1 is 1.29 bits per heavy atom. The summed E-state index contributed by atoms with van der Waals surface area (Å²) in [6, 6.07) is 8.18. The van der Waals surface area contributed by atoms with Gasteiger partial charge in [-0.3, -0.25) is 0 Å². The van der Waals surface area contributed by atoms with Crippen molar-refractivity contribution in [1.82, 2.24) is 0 Å². The van der Waals surface area contributed by atoms with Gasteiger partial charge in [0.1, 0.15) is 5.75 Å². The highest BCUT2D eigenvalue weighted by Crippen LogP contribution is 2.30. The number of thiocarbonyl (C=S) groups is 1. The average molecular weight is 249 g/mol. The van der Waals surface area contributed by atoms with Crippen LogP contribution in [0.4, 0.5) is 0 Å². The molecule has 0 radical (unpaired) electrons. The second-order valence-electron chi connectivity index (χ2n) is 4.92. The number of nitrogens with zero attached hydrogens (tertiary/aromatic N) is 1. The molecule has 0 saturated carbocycles. The fourth-order valence-corrected chi connectivity index (χ4v) is 1.67. The normalized spacial score (nSPS) is 10.8. The number of isothiocyanates is 1. The summed E-state index contributed by atoms with van der Waals surface area (Å²) < 4.78 is 5.79. The first-order valence-corrected chi connectivity index (χ1v) is 6.22. The van der Waals surface area contributed by atoms with Crippen LogP contribution in [-0.2, 0) is 5.41 Å². The van der Waals surface area contributed by atoms with Gasteiger partial charge in [0.2, 0.25) is 0 Å². The minimum absolute atomic E-state index is 0.100. The first-order chi connectivity index (χ1) is 8.05. The van der Waals surface area contributed by atoms with E-state index in [2.05, 4.69) is 49.2 Å². The highest BCUT2D eigenvalue weighted by molar-refractivity contribution is 7.78. The van der Waals surface area contributed by atoms with Crippen molar-refractivity contribution in [3.05, 3.63) is 29.8 Å². The van der Waals surface area contributed by atoms with E-state index >= 15 is 0 Å². The maximum absolute atomic E-state index is 5.79. The lowest BCUT2D eigenvalue weighted by atomic mass is 9.86. The smallest absolute Gasteiger partial charge is 0.123 e. The van der Waals surface area contributed by atoms with Crippen LogP contribution < -0.4 is 4.74 Å². The van der Waals surface area contributed by atoms with Gasteiger partial charge in [-0.05, 0) is 29.3 Å². The molecule has 0 atom stereocenters. The third-order valence-electron chi connectivity index (χ3n) is 2.43. The second kappa shape index (κ2) is 6.53. The van der Waals surface area contributed by atoms with Gasteiger partial charge in [0.05, 0.1) is 18.3 Å². The average Bonchev–Trinajstić information content (AvgIpc) is 2.28. The van der Waals surface area contributed by atoms with Crippen molar-refractivity contribution in [2.45, 2.75) is 32.6 Å². The number of aliphatic imine (C=N–C) groups is 1. The van der Waals surface area contributed by atoms with E-state index in [1.165, 1.54) is 5.56 Å². The molecule has 92 valence electrons. The minimum Gasteiger partial charge on any atom is -0.493 e. The molecular weight excluding hydrogens is 230 g/mol. The molecule has 0 fully saturated rings. The topological polar surface area (TPSA) is 21.6 Å². The molecule has 0 bridgehead atoms. The lowest BCUT2D eigenvalue weighted by Crippen LogP contribution is -2.13. The van der Waals surface area contributed by atoms with Crippen molar-refractivity contribution >= 4 is 17.4 Å². The summed E-state index contributed by atoms with van der Waals surface area (Å²) in [4.78, 5) is 3.86. The molecular formula is C14H19NOS. The highest BCUT2D eigenvalue weighted by atomic mass is 32.1. The van der Waals surface area contributed by atoms with Crippen molar-refractivity contribution in [1.29, 1.82) is 0 Å². The third-order valence-corrected chi connectivity index (χ3v) is 2.56. The highest BCUT2D eigenvalue weighted by Gasteiger charge is 2.17. The molecule has 0 aliphatic heterocycles. The van der Waals surface area contributed by atoms with Crippen molar-refractivity contribution < 1.29 is 4.74 Å². The van der Waals surface area contributed by atoms with Crippen LogP contribution in [0.3, 0.4) is 0 Å². The van der Waals surface area contributed by atoms with Gasteiger partial charge in [-0.2, -0.15) is 0 Å². The zero-order valence-corrected chi connectivity index (χ0v) is 11.5. The summed E-state index contributed by atoms with van der Waals surface area (Å²) in [5, 5.41) is 2.35. The van der Waals surface area contributed by atoms with E-state index in [1.807, 2.05) is 18.2 Å². The number of ether oxygens (including phenoxy) is 1. The first-order valence-electron chi connectivity index (χ1n) is 5.81. The van der Waals surface area contributed by atoms with Crippen molar-refractivity contribution in [3.63, 3.8) is 0 Å². The Hall–Kier alpha value is -1.18. The van der Waals surface area contributed by atoms with Crippen LogP contribution in [0.2, 0.25) is 0 Å². The molecule has 1 rings (SSSR count). The van der Waals surface area contributed by atoms with Gasteiger partial charge in [0, 0.05) is 6.42 Å². The summed E-state index contributed by atoms with van der Waals surface area (Å²) in [5.74, 6) is 0.964. The molecule has 0 heterocycles. The van der Waals surface area contributed by atoms with Crippen molar-refractivity contribution in [3.8, 4) is 5.75 Å². The van der Waals surface area contributed by atoms with Crippen LogP contribution in [0.15, 0.2) is 29.3 Å². The van der Waals surface area contributed by atoms with Crippen molar-refractivity contribution in [2.75, 3.05) is 13.2 Å². The van der Waals surface area contributed by atoms with Crippen molar-refractivity contribution in [2.24, 2.45) is 4.99 Å². The van der Waals surface area contributed by atoms with E-state index in [0.29, 0.717) is 13.2 Å². The van der Waals surface area contributed by atoms with Gasteiger partial charge in [-0.15, -0.1) is 0 Å². The quantitative estimate of drug-likeness (QED) is 0.449. The SMILES string of the molecule is CC(C)(C)c1ccccc1OCCCN=C=S. The number of rotatable bonds is 5. The Kier molecular flexibility index (Phi) is 5.33. The Morgan fingerprint density at radius 2 is 2.00 bits per heavy atom. The maximum Gasteiger partial charge on any atom is 0.123 e. The summed E-state index contributed by atoms with van der Waals surface area (Å²) in [7, 11) is 0. The molecule has 0 amide bonds. The molecule has 1 aromatic rings. The molecule has 3 heteroatoms. The molecule has 2 nitrogen and oxygen atoms in total. The number of para-hydroxylation sites is 1. The molecule has 0 spiro atoms. The largest absolute Gasteiger partial charge is 0.493 e. The maximum atomic E-state index is 5.79. The number of hydrogen-bond donors (Lipinski definition) is 0. The molecule has 0 aliphatic rings. The molecule has 0 unspecified atom stereocenters. The van der Waals surface area contributed by atoms with Gasteiger partial charge in [0.15, 0.2) is 0 Å². The number of benzene rings is 1. The van der Waals surface area contributed by atoms with Gasteiger partial charge in [-0.25, -0.2) is 4.99 Å². The van der Waals surface area contributed by atoms with Gasteiger partial charge < -0.3 is 4.74 Å². The fraction of sp³-hybridized carbons (Fsp3) is 0.500. The van der Waals surface area contributed by atoms with Crippen LogP contribution in [-0.4, -0.2) is 18.3 Å². The Morgan fingerprint density at radius 3 is 2.65 bits per heavy atom. The summed E-state index contributed by atoms with van der Waals surface area (Å²) in [6.45, 7) is 7.90. The predicted octanol–water partition coefficient (Wildman–Crippen LogP) is 3.86. The molecule has 1 aromatic carbocycles. The summed E-state index contributed by atoms with van der Waals surface area (Å²) >= 11 is 4.51. The zero-order chi connectivity index (χ0) is 12.7.